The van der Waals surface area contributed by atoms with Crippen molar-refractivity contribution in [3.63, 3.8) is 0 Å². The number of hydrogen-bond donors (Lipinski definition) is 1. The van der Waals surface area contributed by atoms with Crippen LogP contribution in [-0.2, 0) is 29.2 Å². The van der Waals surface area contributed by atoms with Gasteiger partial charge in [-0.25, -0.2) is 9.78 Å². The first-order chi connectivity index (χ1) is 15.4. The molecule has 1 aliphatic rings. The lowest BCUT2D eigenvalue weighted by atomic mass is 9.93. The summed E-state index contributed by atoms with van der Waals surface area (Å²) in [6.45, 7) is 2.32. The van der Waals surface area contributed by atoms with Gasteiger partial charge in [0.2, 0.25) is 5.91 Å². The maximum absolute atomic E-state index is 13.6. The van der Waals surface area contributed by atoms with E-state index in [-0.39, 0.29) is 30.4 Å². The lowest BCUT2D eigenvalue weighted by Gasteiger charge is -2.43. The molecule has 9 nitrogen and oxygen atoms in total. The van der Waals surface area contributed by atoms with E-state index in [9.17, 15) is 14.4 Å². The van der Waals surface area contributed by atoms with Gasteiger partial charge < -0.3 is 19.5 Å². The van der Waals surface area contributed by atoms with Crippen molar-refractivity contribution in [1.29, 1.82) is 0 Å². The number of benzene rings is 1. The number of nitrogens with zero attached hydrogens (tertiary/aromatic N) is 4. The van der Waals surface area contributed by atoms with Crippen LogP contribution < -0.4 is 5.32 Å². The van der Waals surface area contributed by atoms with Gasteiger partial charge >= 0.3 is 5.97 Å². The van der Waals surface area contributed by atoms with Crippen molar-refractivity contribution >= 4 is 17.8 Å². The molecule has 0 aliphatic carbocycles. The molecule has 1 atom stereocenters. The van der Waals surface area contributed by atoms with Gasteiger partial charge in [-0.2, -0.15) is 0 Å². The minimum atomic E-state index is -1.22. The summed E-state index contributed by atoms with van der Waals surface area (Å²) >= 11 is 0. The summed E-state index contributed by atoms with van der Waals surface area (Å²) in [5.74, 6) is -1.49. The van der Waals surface area contributed by atoms with E-state index in [4.69, 9.17) is 4.74 Å². The van der Waals surface area contributed by atoms with Crippen LogP contribution in [0.3, 0.4) is 0 Å². The Kier molecular flexibility index (Phi) is 5.72. The van der Waals surface area contributed by atoms with Crippen LogP contribution in [0.4, 0.5) is 0 Å². The van der Waals surface area contributed by atoms with E-state index in [2.05, 4.69) is 15.3 Å². The Morgan fingerprint density at radius 3 is 2.59 bits per heavy atom. The first-order valence-corrected chi connectivity index (χ1v) is 10.1. The monoisotopic (exact) mass is 433 g/mol. The Morgan fingerprint density at radius 2 is 1.91 bits per heavy atom. The summed E-state index contributed by atoms with van der Waals surface area (Å²) in [4.78, 5) is 48.8. The molecule has 1 aliphatic heterocycles. The van der Waals surface area contributed by atoms with Gasteiger partial charge in [0.25, 0.3) is 5.91 Å². The van der Waals surface area contributed by atoms with Gasteiger partial charge in [-0.05, 0) is 24.1 Å². The van der Waals surface area contributed by atoms with Crippen molar-refractivity contribution in [2.45, 2.75) is 32.1 Å². The van der Waals surface area contributed by atoms with E-state index in [1.165, 1.54) is 22.9 Å². The lowest BCUT2D eigenvalue weighted by molar-refractivity contribution is -0.133. The third kappa shape index (κ3) is 3.84. The van der Waals surface area contributed by atoms with E-state index in [0.717, 1.165) is 11.1 Å². The lowest BCUT2D eigenvalue weighted by Crippen LogP contribution is -2.63. The minimum absolute atomic E-state index is 0.0690. The highest BCUT2D eigenvalue weighted by molar-refractivity contribution is 6.06. The third-order valence-electron chi connectivity index (χ3n) is 5.59. The molecule has 2 aromatic heterocycles. The number of fused-ring (bicyclic) bond motifs is 1. The van der Waals surface area contributed by atoms with Crippen LogP contribution in [0.2, 0.25) is 0 Å². The number of rotatable bonds is 6. The van der Waals surface area contributed by atoms with Crippen LogP contribution in [0, 0.1) is 0 Å². The average molecular weight is 433 g/mol. The van der Waals surface area contributed by atoms with Crippen LogP contribution >= 0.6 is 0 Å². The Morgan fingerprint density at radius 1 is 1.16 bits per heavy atom. The normalized spacial score (nSPS) is 17.6. The molecule has 1 unspecified atom stereocenters. The molecule has 0 saturated carbocycles. The van der Waals surface area contributed by atoms with Gasteiger partial charge in [0.1, 0.15) is 11.2 Å². The second-order valence-electron chi connectivity index (χ2n) is 7.76. The van der Waals surface area contributed by atoms with Crippen LogP contribution in [0.25, 0.3) is 0 Å². The quantitative estimate of drug-likeness (QED) is 0.594. The molecule has 1 aromatic carbocycles. The zero-order chi connectivity index (χ0) is 22.7. The highest BCUT2D eigenvalue weighted by Gasteiger charge is 2.48. The summed E-state index contributed by atoms with van der Waals surface area (Å²) in [5.41, 5.74) is 0.523. The molecule has 2 amide bonds. The molecule has 0 saturated heterocycles. The summed E-state index contributed by atoms with van der Waals surface area (Å²) in [7, 11) is 1.23. The standard InChI is InChI=1S/C23H23N5O4/c1-23(22(31)25-12-16-7-4-3-5-8-16)14-27-15-26-18(21(30)32-2)19(27)20(29)28(23)13-17-9-6-10-24-11-17/h3-11,15H,12-14H2,1-2H3,(H,25,31). The summed E-state index contributed by atoms with van der Waals surface area (Å²) < 4.78 is 6.31. The zero-order valence-corrected chi connectivity index (χ0v) is 17.8. The van der Waals surface area contributed by atoms with Crippen molar-refractivity contribution in [3.8, 4) is 0 Å². The predicted octanol–water partition coefficient (Wildman–Crippen LogP) is 1.80. The van der Waals surface area contributed by atoms with Gasteiger partial charge in [-0.1, -0.05) is 36.4 Å². The minimum Gasteiger partial charge on any atom is -0.464 e. The van der Waals surface area contributed by atoms with Crippen molar-refractivity contribution in [2.75, 3.05) is 7.11 Å². The van der Waals surface area contributed by atoms with Crippen LogP contribution in [0.15, 0.2) is 61.2 Å². The molecule has 3 aromatic rings. The molecule has 0 spiro atoms. The number of carbonyl (C=O) groups is 3. The van der Waals surface area contributed by atoms with Gasteiger partial charge in [-0.15, -0.1) is 0 Å². The Balaban J connectivity index is 1.69. The van der Waals surface area contributed by atoms with E-state index in [1.807, 2.05) is 36.4 Å². The smallest absolute Gasteiger partial charge is 0.359 e. The summed E-state index contributed by atoms with van der Waals surface area (Å²) in [6, 6.07) is 13.1. The van der Waals surface area contributed by atoms with Crippen LogP contribution in [0.1, 0.15) is 39.0 Å². The fourth-order valence-corrected chi connectivity index (χ4v) is 3.82. The van der Waals surface area contributed by atoms with Gasteiger partial charge in [0.15, 0.2) is 5.69 Å². The molecule has 1 N–H and O–H groups in total. The van der Waals surface area contributed by atoms with Crippen molar-refractivity contribution in [2.24, 2.45) is 0 Å². The van der Waals surface area contributed by atoms with Crippen molar-refractivity contribution < 1.29 is 19.1 Å². The third-order valence-corrected chi connectivity index (χ3v) is 5.59. The van der Waals surface area contributed by atoms with Crippen LogP contribution in [-0.4, -0.2) is 49.9 Å². The zero-order valence-electron chi connectivity index (χ0n) is 17.8. The largest absolute Gasteiger partial charge is 0.464 e. The Labute approximate surface area is 185 Å². The van der Waals surface area contributed by atoms with Gasteiger partial charge in [0.05, 0.1) is 20.0 Å². The number of hydrogen-bond acceptors (Lipinski definition) is 6. The maximum atomic E-state index is 13.6. The molecule has 0 radical (unpaired) electrons. The van der Waals surface area contributed by atoms with Crippen molar-refractivity contribution in [3.05, 3.63) is 83.7 Å². The SMILES string of the molecule is COC(=O)c1ncn2c1C(=O)N(Cc1cccnc1)C(C)(C(=O)NCc1ccccc1)C2. The number of pyridine rings is 1. The Bertz CT molecular complexity index is 1150. The van der Waals surface area contributed by atoms with Gasteiger partial charge in [0, 0.05) is 25.5 Å². The number of nitrogens with one attached hydrogen (secondary N) is 1. The number of methoxy groups -OCH3 is 1. The molecule has 0 bridgehead atoms. The number of ether oxygens (including phenoxy) is 1. The Hall–Kier alpha value is -4.01. The summed E-state index contributed by atoms with van der Waals surface area (Å²) in [5, 5.41) is 2.94. The van der Waals surface area contributed by atoms with Crippen LogP contribution in [0.5, 0.6) is 0 Å². The molecule has 32 heavy (non-hydrogen) atoms. The van der Waals surface area contributed by atoms with Crippen molar-refractivity contribution in [1.82, 2.24) is 24.8 Å². The fraction of sp³-hybridized carbons (Fsp3) is 0.261. The fourth-order valence-electron chi connectivity index (χ4n) is 3.82. The number of amides is 2. The van der Waals surface area contributed by atoms with Gasteiger partial charge in [-0.3, -0.25) is 14.6 Å². The first-order valence-electron chi connectivity index (χ1n) is 10.1. The number of carbonyl (C=O) groups excluding carboxylic acids is 3. The molecule has 164 valence electrons. The topological polar surface area (TPSA) is 106 Å². The summed E-state index contributed by atoms with van der Waals surface area (Å²) in [6.07, 6.45) is 4.67. The molecule has 3 heterocycles. The molecule has 9 heteroatoms. The highest BCUT2D eigenvalue weighted by atomic mass is 16.5. The molecular formula is C23H23N5O4. The maximum Gasteiger partial charge on any atom is 0.359 e. The van der Waals surface area contributed by atoms with E-state index >= 15 is 0 Å². The number of esters is 1. The second-order valence-corrected chi connectivity index (χ2v) is 7.76. The molecule has 4 rings (SSSR count). The number of aromatic nitrogens is 3. The molecular weight excluding hydrogens is 410 g/mol. The van der Waals surface area contributed by atoms with E-state index in [1.54, 1.807) is 25.4 Å². The predicted molar refractivity (Wildman–Crippen MR) is 114 cm³/mol. The highest BCUT2D eigenvalue weighted by Crippen LogP contribution is 2.30. The molecule has 0 fully saturated rings. The van der Waals surface area contributed by atoms with E-state index in [0.29, 0.717) is 6.54 Å². The second kappa shape index (κ2) is 8.62. The van der Waals surface area contributed by atoms with E-state index < -0.39 is 17.4 Å². The first kappa shape index (κ1) is 21.2. The number of imidazole rings is 1. The average Bonchev–Trinajstić information content (AvgIpc) is 3.24.